The molecule has 1 N–H and O–H groups in total. The van der Waals surface area contributed by atoms with Crippen molar-refractivity contribution in [1.82, 2.24) is 14.9 Å². The summed E-state index contributed by atoms with van der Waals surface area (Å²) in [4.78, 5) is 16.7. The van der Waals surface area contributed by atoms with Gasteiger partial charge in [0.25, 0.3) is 0 Å². The highest BCUT2D eigenvalue weighted by atomic mass is 19.1. The summed E-state index contributed by atoms with van der Waals surface area (Å²) in [6.07, 6.45) is 1.31. The van der Waals surface area contributed by atoms with Gasteiger partial charge >= 0.3 is 0 Å². The van der Waals surface area contributed by atoms with E-state index < -0.39 is 0 Å². The molecule has 0 saturated heterocycles. The smallest absolute Gasteiger partial charge is 0.220 e. The summed E-state index contributed by atoms with van der Waals surface area (Å²) < 4.78 is 15.3. The van der Waals surface area contributed by atoms with Crippen LogP contribution in [0.2, 0.25) is 0 Å². The zero-order valence-electron chi connectivity index (χ0n) is 14.5. The summed E-state index contributed by atoms with van der Waals surface area (Å²) in [5.41, 5.74) is 2.87. The third-order valence-corrected chi connectivity index (χ3v) is 4.18. The zero-order valence-corrected chi connectivity index (χ0v) is 14.5. The van der Waals surface area contributed by atoms with E-state index >= 15 is 0 Å². The number of amides is 1. The van der Waals surface area contributed by atoms with E-state index in [2.05, 4.69) is 9.88 Å². The van der Waals surface area contributed by atoms with Crippen LogP contribution < -0.4 is 5.32 Å². The molecule has 3 rings (SSSR count). The second kappa shape index (κ2) is 7.47. The van der Waals surface area contributed by atoms with Gasteiger partial charge in [0.2, 0.25) is 5.91 Å². The van der Waals surface area contributed by atoms with Crippen molar-refractivity contribution in [3.8, 4) is 0 Å². The average Bonchev–Trinajstić information content (AvgIpc) is 2.96. The minimum atomic E-state index is -0.250. The van der Waals surface area contributed by atoms with E-state index in [1.165, 1.54) is 12.1 Å². The van der Waals surface area contributed by atoms with Crippen LogP contribution in [0.5, 0.6) is 0 Å². The minimum Gasteiger partial charge on any atom is -0.346 e. The van der Waals surface area contributed by atoms with Gasteiger partial charge in [-0.25, -0.2) is 9.37 Å². The molecule has 2 aromatic carbocycles. The predicted octanol–water partition coefficient (Wildman–Crippen LogP) is 4.20. The molecule has 1 unspecified atom stereocenters. The van der Waals surface area contributed by atoms with E-state index in [1.54, 1.807) is 12.1 Å². The van der Waals surface area contributed by atoms with Gasteiger partial charge in [-0.3, -0.25) is 4.79 Å². The van der Waals surface area contributed by atoms with Crippen molar-refractivity contribution in [3.63, 3.8) is 0 Å². The largest absolute Gasteiger partial charge is 0.346 e. The van der Waals surface area contributed by atoms with Crippen molar-refractivity contribution in [3.05, 3.63) is 65.7 Å². The van der Waals surface area contributed by atoms with Crippen molar-refractivity contribution in [2.24, 2.45) is 0 Å². The highest BCUT2D eigenvalue weighted by molar-refractivity contribution is 5.78. The molecule has 0 aliphatic carbocycles. The summed E-state index contributed by atoms with van der Waals surface area (Å²) in [7, 11) is 0. The van der Waals surface area contributed by atoms with Gasteiger partial charge < -0.3 is 9.88 Å². The Labute approximate surface area is 146 Å². The summed E-state index contributed by atoms with van der Waals surface area (Å²) >= 11 is 0. The number of rotatable bonds is 6. The predicted molar refractivity (Wildman–Crippen MR) is 96.7 cm³/mol. The molecule has 0 radical (unpaired) electrons. The third-order valence-electron chi connectivity index (χ3n) is 4.18. The Morgan fingerprint density at radius 2 is 1.92 bits per heavy atom. The quantitative estimate of drug-likeness (QED) is 0.731. The van der Waals surface area contributed by atoms with Crippen molar-refractivity contribution in [2.75, 3.05) is 0 Å². The number of nitrogens with zero attached hydrogens (tertiary/aromatic N) is 2. The molecule has 4 nitrogen and oxygen atoms in total. The number of nitrogens with one attached hydrogen (secondary N) is 1. The van der Waals surface area contributed by atoms with Crippen molar-refractivity contribution < 1.29 is 9.18 Å². The Balaban J connectivity index is 1.96. The van der Waals surface area contributed by atoms with Crippen molar-refractivity contribution in [1.29, 1.82) is 0 Å². The van der Waals surface area contributed by atoms with Gasteiger partial charge in [0.05, 0.1) is 17.1 Å². The fraction of sp³-hybridized carbons (Fsp3) is 0.300. The van der Waals surface area contributed by atoms with Crippen LogP contribution in [0.25, 0.3) is 11.0 Å². The second-order valence-corrected chi connectivity index (χ2v) is 6.21. The van der Waals surface area contributed by atoms with E-state index in [-0.39, 0.29) is 17.8 Å². The molecule has 1 heterocycles. The second-order valence-electron chi connectivity index (χ2n) is 6.21. The van der Waals surface area contributed by atoms with Crippen LogP contribution in [0.1, 0.15) is 44.1 Å². The fourth-order valence-electron chi connectivity index (χ4n) is 2.97. The Kier molecular flexibility index (Phi) is 5.12. The first-order valence-corrected chi connectivity index (χ1v) is 8.57. The molecule has 0 aliphatic rings. The number of carbonyl (C=O) groups excluding carboxylic acids is 1. The maximum Gasteiger partial charge on any atom is 0.220 e. The van der Waals surface area contributed by atoms with E-state index in [4.69, 9.17) is 4.98 Å². The highest BCUT2D eigenvalue weighted by Crippen LogP contribution is 2.22. The Morgan fingerprint density at radius 1 is 1.20 bits per heavy atom. The molecule has 130 valence electrons. The van der Waals surface area contributed by atoms with Crippen molar-refractivity contribution in [2.45, 2.75) is 39.3 Å². The average molecular weight is 339 g/mol. The standard InChI is InChI=1S/C20H22FN3O/c1-3-6-19(25)22-14(2)20-23-17-7-4-5-8-18(17)24(20)13-15-9-11-16(21)12-10-15/h4-5,7-12,14H,3,6,13H2,1-2H3,(H,22,25). The summed E-state index contributed by atoms with van der Waals surface area (Å²) in [6, 6.07) is 14.1. The van der Waals surface area contributed by atoms with Crippen LogP contribution in [0.3, 0.4) is 0 Å². The maximum atomic E-state index is 13.2. The van der Waals surface area contributed by atoms with E-state index in [0.717, 1.165) is 28.8 Å². The first-order valence-electron chi connectivity index (χ1n) is 8.57. The minimum absolute atomic E-state index is 0.0235. The van der Waals surface area contributed by atoms with Gasteiger partial charge in [-0.05, 0) is 43.2 Å². The number of hydrogen-bond donors (Lipinski definition) is 1. The van der Waals surface area contributed by atoms with Gasteiger partial charge in [0.15, 0.2) is 0 Å². The molecule has 1 atom stereocenters. The van der Waals surface area contributed by atoms with E-state index in [9.17, 15) is 9.18 Å². The first kappa shape index (κ1) is 17.1. The molecule has 0 fully saturated rings. The monoisotopic (exact) mass is 339 g/mol. The van der Waals surface area contributed by atoms with Crippen LogP contribution in [-0.2, 0) is 11.3 Å². The van der Waals surface area contributed by atoms with Gasteiger partial charge in [0.1, 0.15) is 11.6 Å². The normalized spacial score (nSPS) is 12.3. The van der Waals surface area contributed by atoms with Crippen molar-refractivity contribution >= 4 is 16.9 Å². The summed E-state index contributed by atoms with van der Waals surface area (Å²) in [5.74, 6) is 0.574. The number of para-hydroxylation sites is 2. The van der Waals surface area contributed by atoms with Gasteiger partial charge in [-0.1, -0.05) is 31.2 Å². The van der Waals surface area contributed by atoms with Gasteiger partial charge in [0, 0.05) is 13.0 Å². The topological polar surface area (TPSA) is 46.9 Å². The zero-order chi connectivity index (χ0) is 17.8. The van der Waals surface area contributed by atoms with E-state index in [0.29, 0.717) is 13.0 Å². The molecule has 0 bridgehead atoms. The molecule has 0 aliphatic heterocycles. The molecular weight excluding hydrogens is 317 g/mol. The third kappa shape index (κ3) is 3.87. The molecule has 25 heavy (non-hydrogen) atoms. The van der Waals surface area contributed by atoms with Gasteiger partial charge in [-0.15, -0.1) is 0 Å². The molecule has 1 amide bonds. The number of benzene rings is 2. The SMILES string of the molecule is CCCC(=O)NC(C)c1nc2ccccc2n1Cc1ccc(F)cc1. The molecule has 0 saturated carbocycles. The molecule has 5 heteroatoms. The maximum absolute atomic E-state index is 13.2. The fourth-order valence-corrected chi connectivity index (χ4v) is 2.97. The number of fused-ring (bicyclic) bond motifs is 1. The lowest BCUT2D eigenvalue weighted by Gasteiger charge is -2.16. The first-order chi connectivity index (χ1) is 12.1. The van der Waals surface area contributed by atoms with Crippen LogP contribution in [0.15, 0.2) is 48.5 Å². The lowest BCUT2D eigenvalue weighted by atomic mass is 10.2. The molecule has 1 aromatic heterocycles. The summed E-state index contributed by atoms with van der Waals surface area (Å²) in [6.45, 7) is 4.49. The Hall–Kier alpha value is -2.69. The molecule has 0 spiro atoms. The van der Waals surface area contributed by atoms with Crippen LogP contribution in [0.4, 0.5) is 4.39 Å². The number of aromatic nitrogens is 2. The Bertz CT molecular complexity index is 870. The van der Waals surface area contributed by atoms with E-state index in [1.807, 2.05) is 38.1 Å². The Morgan fingerprint density at radius 3 is 2.64 bits per heavy atom. The highest BCUT2D eigenvalue weighted by Gasteiger charge is 2.18. The molecular formula is C20H22FN3O. The molecule has 3 aromatic rings. The lowest BCUT2D eigenvalue weighted by Crippen LogP contribution is -2.28. The number of halogens is 1. The summed E-state index contributed by atoms with van der Waals surface area (Å²) in [5, 5.41) is 3.01. The number of carbonyl (C=O) groups is 1. The van der Waals surface area contributed by atoms with Crippen LogP contribution >= 0.6 is 0 Å². The van der Waals surface area contributed by atoms with Gasteiger partial charge in [-0.2, -0.15) is 0 Å². The van der Waals surface area contributed by atoms with Crippen LogP contribution in [0, 0.1) is 5.82 Å². The van der Waals surface area contributed by atoms with Crippen LogP contribution in [-0.4, -0.2) is 15.5 Å². The number of hydrogen-bond acceptors (Lipinski definition) is 2. The lowest BCUT2D eigenvalue weighted by molar-refractivity contribution is -0.121. The number of imidazole rings is 1.